The molecule has 0 spiro atoms. The normalized spacial score (nSPS) is 12.9. The van der Waals surface area contributed by atoms with E-state index < -0.39 is 0 Å². The van der Waals surface area contributed by atoms with Crippen LogP contribution in [-0.4, -0.2) is 9.59 Å². The summed E-state index contributed by atoms with van der Waals surface area (Å²) in [5.41, 5.74) is 7.69. The SMILES string of the molecule is CC(C)c1nnsc1C(N)Cc1cc(Br)ccc1F. The number of nitrogens with zero attached hydrogens (tertiary/aromatic N) is 2. The van der Waals surface area contributed by atoms with Crippen molar-refractivity contribution in [2.45, 2.75) is 32.2 Å². The zero-order valence-corrected chi connectivity index (χ0v) is 13.1. The number of hydrogen-bond donors (Lipinski definition) is 1. The first kappa shape index (κ1) is 14.6. The van der Waals surface area contributed by atoms with Crippen LogP contribution in [0.3, 0.4) is 0 Å². The van der Waals surface area contributed by atoms with Gasteiger partial charge < -0.3 is 5.73 Å². The molecule has 0 aliphatic heterocycles. The quantitative estimate of drug-likeness (QED) is 0.918. The summed E-state index contributed by atoms with van der Waals surface area (Å²) >= 11 is 4.64. The van der Waals surface area contributed by atoms with E-state index in [2.05, 4.69) is 25.5 Å². The molecule has 2 aromatic rings. The molecule has 1 unspecified atom stereocenters. The Bertz CT molecular complexity index is 571. The topological polar surface area (TPSA) is 51.8 Å². The number of halogens is 2. The molecule has 2 N–H and O–H groups in total. The third-order valence-electron chi connectivity index (χ3n) is 2.87. The van der Waals surface area contributed by atoms with Crippen molar-refractivity contribution in [3.05, 3.63) is 44.6 Å². The van der Waals surface area contributed by atoms with Gasteiger partial charge in [-0.25, -0.2) is 4.39 Å². The van der Waals surface area contributed by atoms with Gasteiger partial charge in [0, 0.05) is 10.5 Å². The van der Waals surface area contributed by atoms with Crippen LogP contribution in [-0.2, 0) is 6.42 Å². The van der Waals surface area contributed by atoms with Gasteiger partial charge in [-0.3, -0.25) is 0 Å². The van der Waals surface area contributed by atoms with Gasteiger partial charge in [-0.2, -0.15) is 0 Å². The molecule has 6 heteroatoms. The molecular formula is C13H15BrFN3S. The van der Waals surface area contributed by atoms with Gasteiger partial charge in [0.05, 0.1) is 10.6 Å². The molecule has 19 heavy (non-hydrogen) atoms. The molecule has 1 aromatic heterocycles. The van der Waals surface area contributed by atoms with Gasteiger partial charge in [0.15, 0.2) is 0 Å². The van der Waals surface area contributed by atoms with E-state index in [0.29, 0.717) is 12.0 Å². The smallest absolute Gasteiger partial charge is 0.126 e. The largest absolute Gasteiger partial charge is 0.323 e. The molecule has 0 aliphatic rings. The maximum absolute atomic E-state index is 13.7. The first-order valence-electron chi connectivity index (χ1n) is 6.00. The molecular weight excluding hydrogens is 329 g/mol. The molecule has 1 heterocycles. The summed E-state index contributed by atoms with van der Waals surface area (Å²) in [6, 6.07) is 4.61. The predicted octanol–water partition coefficient (Wildman–Crippen LogP) is 3.81. The van der Waals surface area contributed by atoms with Crippen molar-refractivity contribution in [3.63, 3.8) is 0 Å². The lowest BCUT2D eigenvalue weighted by molar-refractivity contribution is 0.592. The average molecular weight is 344 g/mol. The van der Waals surface area contributed by atoms with Gasteiger partial charge in [0.25, 0.3) is 0 Å². The summed E-state index contributed by atoms with van der Waals surface area (Å²) in [5.74, 6) is 0.0365. The Kier molecular flexibility index (Phi) is 4.65. The zero-order valence-electron chi connectivity index (χ0n) is 10.7. The van der Waals surface area contributed by atoms with Crippen LogP contribution in [0.2, 0.25) is 0 Å². The Labute approximate surface area is 124 Å². The van der Waals surface area contributed by atoms with Gasteiger partial charge >= 0.3 is 0 Å². The van der Waals surface area contributed by atoms with E-state index in [4.69, 9.17) is 5.73 Å². The number of hydrogen-bond acceptors (Lipinski definition) is 4. The van der Waals surface area contributed by atoms with Crippen LogP contribution in [0.1, 0.15) is 41.9 Å². The first-order valence-corrected chi connectivity index (χ1v) is 7.57. The second kappa shape index (κ2) is 6.07. The standard InChI is InChI=1S/C13H15BrFN3S/c1-7(2)12-13(19-18-17-12)11(16)6-8-5-9(14)3-4-10(8)15/h3-5,7,11H,6,16H2,1-2H3. The maximum atomic E-state index is 13.7. The van der Waals surface area contributed by atoms with Crippen molar-refractivity contribution in [2.75, 3.05) is 0 Å². The van der Waals surface area contributed by atoms with Crippen LogP contribution in [0, 0.1) is 5.82 Å². The Morgan fingerprint density at radius 2 is 2.16 bits per heavy atom. The number of aromatic nitrogens is 2. The van der Waals surface area contributed by atoms with E-state index >= 15 is 0 Å². The lowest BCUT2D eigenvalue weighted by Crippen LogP contribution is -2.15. The summed E-state index contributed by atoms with van der Waals surface area (Å²) < 4.78 is 18.5. The van der Waals surface area contributed by atoms with Crippen molar-refractivity contribution in [1.29, 1.82) is 0 Å². The number of benzene rings is 1. The summed E-state index contributed by atoms with van der Waals surface area (Å²) in [7, 11) is 0. The van der Waals surface area contributed by atoms with Gasteiger partial charge in [-0.05, 0) is 47.6 Å². The third-order valence-corrected chi connectivity index (χ3v) is 4.24. The Hall–Kier alpha value is -0.850. The summed E-state index contributed by atoms with van der Waals surface area (Å²) in [5, 5.41) is 4.10. The molecule has 0 bridgehead atoms. The van der Waals surface area contributed by atoms with Crippen molar-refractivity contribution in [1.82, 2.24) is 9.59 Å². The second-order valence-corrected chi connectivity index (χ2v) is 6.42. The highest BCUT2D eigenvalue weighted by Gasteiger charge is 2.19. The van der Waals surface area contributed by atoms with Crippen LogP contribution in [0.15, 0.2) is 22.7 Å². The van der Waals surface area contributed by atoms with E-state index in [-0.39, 0.29) is 17.8 Å². The van der Waals surface area contributed by atoms with E-state index in [1.54, 1.807) is 12.1 Å². The van der Waals surface area contributed by atoms with Crippen molar-refractivity contribution in [2.24, 2.45) is 5.73 Å². The van der Waals surface area contributed by atoms with Gasteiger partial charge in [0.1, 0.15) is 5.82 Å². The molecule has 0 aliphatic carbocycles. The Morgan fingerprint density at radius 1 is 1.42 bits per heavy atom. The van der Waals surface area contributed by atoms with Crippen molar-refractivity contribution >= 4 is 27.5 Å². The molecule has 1 aromatic carbocycles. The molecule has 1 atom stereocenters. The molecule has 0 saturated carbocycles. The Morgan fingerprint density at radius 3 is 2.84 bits per heavy atom. The fourth-order valence-corrected chi connectivity index (χ4v) is 3.11. The lowest BCUT2D eigenvalue weighted by atomic mass is 10.0. The van der Waals surface area contributed by atoms with E-state index in [0.717, 1.165) is 15.0 Å². The Balaban J connectivity index is 2.23. The molecule has 3 nitrogen and oxygen atoms in total. The van der Waals surface area contributed by atoms with Crippen molar-refractivity contribution < 1.29 is 4.39 Å². The summed E-state index contributed by atoms with van der Waals surface area (Å²) in [6.45, 7) is 4.10. The molecule has 0 fully saturated rings. The summed E-state index contributed by atoms with van der Waals surface area (Å²) in [6.07, 6.45) is 0.439. The van der Waals surface area contributed by atoms with Crippen LogP contribution in [0.4, 0.5) is 4.39 Å². The van der Waals surface area contributed by atoms with E-state index in [1.165, 1.54) is 17.6 Å². The highest BCUT2D eigenvalue weighted by molar-refractivity contribution is 9.10. The minimum absolute atomic E-state index is 0.234. The first-order chi connectivity index (χ1) is 8.99. The number of rotatable bonds is 4. The zero-order chi connectivity index (χ0) is 14.0. The minimum Gasteiger partial charge on any atom is -0.323 e. The third kappa shape index (κ3) is 3.38. The summed E-state index contributed by atoms with van der Waals surface area (Å²) in [4.78, 5) is 0.939. The minimum atomic E-state index is -0.277. The lowest BCUT2D eigenvalue weighted by Gasteiger charge is -2.13. The van der Waals surface area contributed by atoms with Crippen molar-refractivity contribution in [3.8, 4) is 0 Å². The van der Waals surface area contributed by atoms with E-state index in [9.17, 15) is 4.39 Å². The van der Waals surface area contributed by atoms with E-state index in [1.807, 2.05) is 13.8 Å². The molecule has 0 amide bonds. The predicted molar refractivity (Wildman–Crippen MR) is 78.7 cm³/mol. The number of nitrogens with two attached hydrogens (primary N) is 1. The van der Waals surface area contributed by atoms with Crippen LogP contribution < -0.4 is 5.73 Å². The molecule has 0 radical (unpaired) electrons. The van der Waals surface area contributed by atoms with Crippen LogP contribution in [0.25, 0.3) is 0 Å². The van der Waals surface area contributed by atoms with Gasteiger partial charge in [0.2, 0.25) is 0 Å². The molecule has 2 rings (SSSR count). The van der Waals surface area contributed by atoms with Gasteiger partial charge in [-0.1, -0.05) is 34.3 Å². The van der Waals surface area contributed by atoms with Gasteiger partial charge in [-0.15, -0.1) is 5.10 Å². The highest BCUT2D eigenvalue weighted by atomic mass is 79.9. The molecule has 0 saturated heterocycles. The highest BCUT2D eigenvalue weighted by Crippen LogP contribution is 2.28. The maximum Gasteiger partial charge on any atom is 0.126 e. The van der Waals surface area contributed by atoms with Crippen LogP contribution >= 0.6 is 27.5 Å². The monoisotopic (exact) mass is 343 g/mol. The van der Waals surface area contributed by atoms with Crippen LogP contribution in [0.5, 0.6) is 0 Å². The molecule has 102 valence electrons. The average Bonchev–Trinajstić information content (AvgIpc) is 2.83. The fourth-order valence-electron chi connectivity index (χ4n) is 1.89. The second-order valence-electron chi connectivity index (χ2n) is 4.72. The fraction of sp³-hybridized carbons (Fsp3) is 0.385.